The largest absolute Gasteiger partial charge is 0.493 e. The zero-order valence-electron chi connectivity index (χ0n) is 16.1. The van der Waals surface area contributed by atoms with E-state index in [1.165, 1.54) is 0 Å². The molecule has 2 rings (SSSR count). The number of carbonyl (C=O) groups excluding carboxylic acids is 1. The van der Waals surface area contributed by atoms with Crippen LogP contribution in [0.25, 0.3) is 0 Å². The molecule has 28 heavy (non-hydrogen) atoms. The van der Waals surface area contributed by atoms with Gasteiger partial charge in [-0.05, 0) is 29.8 Å². The summed E-state index contributed by atoms with van der Waals surface area (Å²) in [6, 6.07) is 14.8. The number of halogens is 1. The molecule has 7 nitrogen and oxygen atoms in total. The van der Waals surface area contributed by atoms with E-state index in [0.717, 1.165) is 23.4 Å². The topological polar surface area (TPSA) is 98.0 Å². The van der Waals surface area contributed by atoms with E-state index in [1.807, 2.05) is 30.3 Å². The lowest BCUT2D eigenvalue weighted by Crippen LogP contribution is -2.30. The molecule has 1 amide bonds. The Balaban J connectivity index is 0.00000392. The predicted octanol–water partition coefficient (Wildman–Crippen LogP) is 3.01. The summed E-state index contributed by atoms with van der Waals surface area (Å²) in [6.07, 6.45) is 0.835. The van der Waals surface area contributed by atoms with Crippen LogP contribution < -0.4 is 21.1 Å². The van der Waals surface area contributed by atoms with Crippen molar-refractivity contribution in [3.63, 3.8) is 0 Å². The third-order valence-corrected chi connectivity index (χ3v) is 3.75. The van der Waals surface area contributed by atoms with Crippen LogP contribution >= 0.6 is 24.0 Å². The molecule has 0 fully saturated rings. The van der Waals surface area contributed by atoms with Crippen molar-refractivity contribution in [2.45, 2.75) is 13.0 Å². The lowest BCUT2D eigenvalue weighted by atomic mass is 10.1. The van der Waals surface area contributed by atoms with Gasteiger partial charge in [-0.3, -0.25) is 9.79 Å². The highest BCUT2D eigenvalue weighted by atomic mass is 127. The second kappa shape index (κ2) is 12.9. The zero-order chi connectivity index (χ0) is 19.5. The van der Waals surface area contributed by atoms with Crippen LogP contribution in [0, 0.1) is 0 Å². The molecule has 0 saturated heterocycles. The average molecular weight is 498 g/mol. The first-order valence-corrected chi connectivity index (χ1v) is 8.70. The number of nitrogens with two attached hydrogens (primary N) is 1. The smallest absolute Gasteiger partial charge is 0.248 e. The number of amides is 1. The Bertz CT molecular complexity index is 784. The number of hydrogen-bond acceptors (Lipinski definition) is 4. The minimum atomic E-state index is -0.443. The highest BCUT2D eigenvalue weighted by Crippen LogP contribution is 2.17. The Morgan fingerprint density at radius 1 is 1.14 bits per heavy atom. The van der Waals surface area contributed by atoms with Crippen molar-refractivity contribution >= 4 is 41.5 Å². The fraction of sp³-hybridized carbons (Fsp3) is 0.300. The van der Waals surface area contributed by atoms with Crippen LogP contribution in [0.15, 0.2) is 53.5 Å². The molecule has 0 unspecified atom stereocenters. The van der Waals surface area contributed by atoms with Gasteiger partial charge in [0, 0.05) is 51.0 Å². The van der Waals surface area contributed by atoms with Gasteiger partial charge in [-0.1, -0.05) is 18.2 Å². The average Bonchev–Trinajstić information content (AvgIpc) is 2.69. The number of primary amides is 1. The summed E-state index contributed by atoms with van der Waals surface area (Å²) < 4.78 is 10.7. The summed E-state index contributed by atoms with van der Waals surface area (Å²) in [6.45, 7) is 1.78. The molecule has 8 heteroatoms. The number of hydrogen-bond donors (Lipinski definition) is 3. The SMILES string of the molecule is CN=C(NCc1cccc(C(N)=O)c1)Nc1cccc(OCCCOC)c1.I. The third kappa shape index (κ3) is 8.13. The highest BCUT2D eigenvalue weighted by Gasteiger charge is 2.04. The number of nitrogens with one attached hydrogen (secondary N) is 2. The first-order valence-electron chi connectivity index (χ1n) is 8.70. The second-order valence-electron chi connectivity index (χ2n) is 5.84. The molecule has 152 valence electrons. The number of rotatable bonds is 9. The molecule has 0 bridgehead atoms. The molecule has 2 aromatic rings. The Morgan fingerprint density at radius 2 is 1.93 bits per heavy atom. The number of carbonyl (C=O) groups is 1. The fourth-order valence-corrected chi connectivity index (χ4v) is 2.39. The van der Waals surface area contributed by atoms with Crippen LogP contribution in [0.1, 0.15) is 22.3 Å². The molecule has 0 heterocycles. The molecule has 0 aromatic heterocycles. The third-order valence-electron chi connectivity index (χ3n) is 3.75. The maximum absolute atomic E-state index is 11.3. The molecule has 0 saturated carbocycles. The van der Waals surface area contributed by atoms with Crippen LogP contribution in [0.3, 0.4) is 0 Å². The van der Waals surface area contributed by atoms with Crippen molar-refractivity contribution < 1.29 is 14.3 Å². The quantitative estimate of drug-likeness (QED) is 0.214. The van der Waals surface area contributed by atoms with E-state index in [9.17, 15) is 4.79 Å². The van der Waals surface area contributed by atoms with E-state index in [4.69, 9.17) is 15.2 Å². The van der Waals surface area contributed by atoms with Crippen LogP contribution in [-0.2, 0) is 11.3 Å². The molecule has 0 radical (unpaired) electrons. The van der Waals surface area contributed by atoms with Gasteiger partial charge in [-0.2, -0.15) is 0 Å². The van der Waals surface area contributed by atoms with Crippen LogP contribution in [0.4, 0.5) is 5.69 Å². The molecule has 0 atom stereocenters. The molecule has 0 aliphatic carbocycles. The van der Waals surface area contributed by atoms with Gasteiger partial charge < -0.3 is 25.8 Å². The van der Waals surface area contributed by atoms with Crippen molar-refractivity contribution in [3.05, 3.63) is 59.7 Å². The van der Waals surface area contributed by atoms with Crippen molar-refractivity contribution in [3.8, 4) is 5.75 Å². The van der Waals surface area contributed by atoms with Gasteiger partial charge in [0.1, 0.15) is 5.75 Å². The van der Waals surface area contributed by atoms with Gasteiger partial charge in [0.05, 0.1) is 6.61 Å². The normalized spacial score (nSPS) is 10.7. The molecule has 4 N–H and O–H groups in total. The Morgan fingerprint density at radius 3 is 2.64 bits per heavy atom. The first kappa shape index (κ1) is 23.7. The van der Waals surface area contributed by atoms with E-state index in [1.54, 1.807) is 32.4 Å². The zero-order valence-corrected chi connectivity index (χ0v) is 18.4. The maximum Gasteiger partial charge on any atom is 0.248 e. The summed E-state index contributed by atoms with van der Waals surface area (Å²) in [4.78, 5) is 15.5. The van der Waals surface area contributed by atoms with E-state index < -0.39 is 5.91 Å². The van der Waals surface area contributed by atoms with Gasteiger partial charge in [-0.25, -0.2) is 0 Å². The Kier molecular flexibility index (Phi) is 11.0. The number of nitrogens with zero attached hydrogens (tertiary/aromatic N) is 1. The summed E-state index contributed by atoms with van der Waals surface area (Å²) >= 11 is 0. The lowest BCUT2D eigenvalue weighted by Gasteiger charge is -2.13. The molecular formula is C20H27IN4O3. The Hall–Kier alpha value is -2.33. The molecule has 0 spiro atoms. The monoisotopic (exact) mass is 498 g/mol. The minimum Gasteiger partial charge on any atom is -0.493 e. The van der Waals surface area contributed by atoms with Crippen molar-refractivity contribution in [2.75, 3.05) is 32.7 Å². The number of methoxy groups -OCH3 is 1. The van der Waals surface area contributed by atoms with Gasteiger partial charge >= 0.3 is 0 Å². The summed E-state index contributed by atoms with van der Waals surface area (Å²) in [5, 5.41) is 6.43. The van der Waals surface area contributed by atoms with Gasteiger partial charge in [-0.15, -0.1) is 24.0 Å². The molecule has 0 aliphatic rings. The summed E-state index contributed by atoms with van der Waals surface area (Å²) in [5.41, 5.74) is 7.59. The molecule has 0 aliphatic heterocycles. The van der Waals surface area contributed by atoms with E-state index >= 15 is 0 Å². The number of aliphatic imine (C=N–C) groups is 1. The standard InChI is InChI=1S/C20H26N4O3.HI/c1-22-20(23-14-15-6-3-7-16(12-15)19(21)25)24-17-8-4-9-18(13-17)27-11-5-10-26-2;/h3-4,6-9,12-13H,5,10-11,14H2,1-2H3,(H2,21,25)(H2,22,23,24);1H. The number of ether oxygens (including phenoxy) is 2. The minimum absolute atomic E-state index is 0. The molecular weight excluding hydrogens is 471 g/mol. The van der Waals surface area contributed by atoms with Crippen molar-refractivity contribution in [2.24, 2.45) is 10.7 Å². The summed E-state index contributed by atoms with van der Waals surface area (Å²) in [7, 11) is 3.37. The number of anilines is 1. The van der Waals surface area contributed by atoms with Crippen LogP contribution in [0.5, 0.6) is 5.75 Å². The number of guanidine groups is 1. The predicted molar refractivity (Wildman–Crippen MR) is 123 cm³/mol. The van der Waals surface area contributed by atoms with Gasteiger partial charge in [0.15, 0.2) is 5.96 Å². The summed E-state index contributed by atoms with van der Waals surface area (Å²) in [5.74, 6) is 0.943. The molecule has 2 aromatic carbocycles. The lowest BCUT2D eigenvalue weighted by molar-refractivity contribution is 0.1000. The first-order chi connectivity index (χ1) is 13.1. The van der Waals surface area contributed by atoms with Gasteiger partial charge in [0.25, 0.3) is 0 Å². The van der Waals surface area contributed by atoms with Gasteiger partial charge in [0.2, 0.25) is 5.91 Å². The fourth-order valence-electron chi connectivity index (χ4n) is 2.39. The highest BCUT2D eigenvalue weighted by molar-refractivity contribution is 14.0. The van der Waals surface area contributed by atoms with Crippen molar-refractivity contribution in [1.82, 2.24) is 5.32 Å². The van der Waals surface area contributed by atoms with Crippen molar-refractivity contribution in [1.29, 1.82) is 0 Å². The Labute approximate surface area is 182 Å². The second-order valence-corrected chi connectivity index (χ2v) is 5.84. The maximum atomic E-state index is 11.3. The van der Waals surface area contributed by atoms with E-state index in [0.29, 0.717) is 31.3 Å². The number of benzene rings is 2. The van der Waals surface area contributed by atoms with Crippen LogP contribution in [-0.4, -0.2) is 39.2 Å². The van der Waals surface area contributed by atoms with E-state index in [-0.39, 0.29) is 24.0 Å². The van der Waals surface area contributed by atoms with E-state index in [2.05, 4.69) is 15.6 Å². The van der Waals surface area contributed by atoms with Crippen LogP contribution in [0.2, 0.25) is 0 Å².